The first kappa shape index (κ1) is 29.3. The Hall–Kier alpha value is -3.18. The van der Waals surface area contributed by atoms with Gasteiger partial charge in [0.05, 0.1) is 22.5 Å². The van der Waals surface area contributed by atoms with Gasteiger partial charge in [-0.3, -0.25) is 19.4 Å². The van der Waals surface area contributed by atoms with Crippen molar-refractivity contribution >= 4 is 22.9 Å². The largest absolute Gasteiger partial charge is 0.417 e. The Morgan fingerprint density at radius 2 is 1.76 bits per heavy atom. The predicted octanol–water partition coefficient (Wildman–Crippen LogP) is 5.35. The van der Waals surface area contributed by atoms with Gasteiger partial charge >= 0.3 is 6.18 Å². The number of H-pyrrole nitrogens is 1. The fourth-order valence-electron chi connectivity index (χ4n) is 6.39. The Morgan fingerprint density at radius 1 is 1.07 bits per heavy atom. The molecule has 11 heteroatoms. The number of carbonyl (C=O) groups excluding carboxylic acids is 1. The lowest BCUT2D eigenvalue weighted by Gasteiger charge is -2.44. The summed E-state index contributed by atoms with van der Waals surface area (Å²) < 4.78 is 56.9. The van der Waals surface area contributed by atoms with Crippen LogP contribution in [-0.4, -0.2) is 72.0 Å². The maximum absolute atomic E-state index is 15.8. The zero-order chi connectivity index (χ0) is 29.5. The SMILES string of the molecule is CC1CN(c2cc(F)c(C3=CCN(C4CCCC4)CC3)cc2NC(=O)c2c[nH]c(=O)cc2C(F)(F)F)CC(C)N1C. The number of benzene rings is 1. The number of nitrogens with one attached hydrogen (secondary N) is 2. The first-order valence-electron chi connectivity index (χ1n) is 14.3. The average Bonchev–Trinajstić information content (AvgIpc) is 3.47. The number of likely N-dealkylation sites (N-methyl/N-ethyl adjacent to an activating group) is 1. The first-order valence-corrected chi connectivity index (χ1v) is 14.3. The second-order valence-corrected chi connectivity index (χ2v) is 11.6. The second kappa shape index (κ2) is 11.6. The van der Waals surface area contributed by atoms with Crippen LogP contribution >= 0.6 is 0 Å². The maximum Gasteiger partial charge on any atom is 0.417 e. The highest BCUT2D eigenvalue weighted by Crippen LogP contribution is 2.38. The molecule has 0 spiro atoms. The van der Waals surface area contributed by atoms with Crippen LogP contribution in [0, 0.1) is 5.82 Å². The molecule has 1 aromatic heterocycles. The summed E-state index contributed by atoms with van der Waals surface area (Å²) in [5.74, 6) is -1.47. The number of amides is 1. The number of alkyl halides is 3. The molecule has 1 aliphatic carbocycles. The van der Waals surface area contributed by atoms with E-state index in [0.717, 1.165) is 18.3 Å². The molecule has 7 nitrogen and oxygen atoms in total. The molecule has 0 bridgehead atoms. The van der Waals surface area contributed by atoms with E-state index in [-0.39, 0.29) is 17.8 Å². The van der Waals surface area contributed by atoms with Crippen LogP contribution in [0.1, 0.15) is 67.4 Å². The van der Waals surface area contributed by atoms with Crippen molar-refractivity contribution in [1.82, 2.24) is 14.8 Å². The molecule has 1 amide bonds. The Kier molecular flexibility index (Phi) is 8.29. The molecule has 2 fully saturated rings. The average molecular weight is 576 g/mol. The van der Waals surface area contributed by atoms with E-state index < -0.39 is 34.6 Å². The minimum absolute atomic E-state index is 0.128. The second-order valence-electron chi connectivity index (χ2n) is 11.6. The Morgan fingerprint density at radius 3 is 2.37 bits per heavy atom. The standard InChI is InChI=1S/C30H37F4N5O2/c1-18-16-39(17-19(2)37(18)3)27-14-25(31)22(20-8-10-38(11-9-20)21-6-4-5-7-21)12-26(27)36-29(41)23-15-35-28(40)13-24(23)30(32,33)34/h8,12-15,18-19,21H,4-7,9-11,16-17H2,1-3H3,(H,35,40)(H,36,41). The van der Waals surface area contributed by atoms with Gasteiger partial charge in [-0.1, -0.05) is 18.9 Å². The molecule has 41 heavy (non-hydrogen) atoms. The van der Waals surface area contributed by atoms with E-state index in [4.69, 9.17) is 0 Å². The van der Waals surface area contributed by atoms with Gasteiger partial charge in [0.2, 0.25) is 5.56 Å². The quantitative estimate of drug-likeness (QED) is 0.471. The first-order chi connectivity index (χ1) is 19.4. The number of aromatic nitrogens is 1. The van der Waals surface area contributed by atoms with E-state index in [0.29, 0.717) is 49.4 Å². The molecule has 3 aliphatic rings. The number of hydrogen-bond donors (Lipinski definition) is 2. The highest BCUT2D eigenvalue weighted by atomic mass is 19.4. The number of pyridine rings is 1. The molecule has 3 heterocycles. The van der Waals surface area contributed by atoms with Crippen molar-refractivity contribution in [2.24, 2.45) is 0 Å². The third kappa shape index (κ3) is 6.21. The van der Waals surface area contributed by atoms with Crippen LogP contribution in [0.4, 0.5) is 28.9 Å². The van der Waals surface area contributed by atoms with Crippen molar-refractivity contribution in [2.75, 3.05) is 43.4 Å². The summed E-state index contributed by atoms with van der Waals surface area (Å²) in [5, 5.41) is 2.64. The third-order valence-electron chi connectivity index (χ3n) is 8.94. The molecule has 2 unspecified atom stereocenters. The Labute approximate surface area is 237 Å². The Balaban J connectivity index is 1.51. The van der Waals surface area contributed by atoms with Crippen LogP contribution in [0.15, 0.2) is 35.3 Å². The van der Waals surface area contributed by atoms with Crippen molar-refractivity contribution in [3.8, 4) is 0 Å². The number of aromatic amines is 1. The smallest absolute Gasteiger partial charge is 0.367 e. The molecule has 1 aromatic carbocycles. The number of hydrogen-bond acceptors (Lipinski definition) is 5. The molecule has 2 aliphatic heterocycles. The van der Waals surface area contributed by atoms with E-state index in [1.807, 2.05) is 31.9 Å². The molecule has 5 rings (SSSR count). The van der Waals surface area contributed by atoms with Gasteiger partial charge in [0.1, 0.15) is 5.82 Å². The van der Waals surface area contributed by atoms with Crippen LogP contribution in [0.5, 0.6) is 0 Å². The number of halogens is 4. The number of nitrogens with zero attached hydrogens (tertiary/aromatic N) is 3. The highest BCUT2D eigenvalue weighted by Gasteiger charge is 2.36. The minimum atomic E-state index is -4.90. The molecule has 2 aromatic rings. The minimum Gasteiger partial charge on any atom is -0.367 e. The van der Waals surface area contributed by atoms with E-state index >= 15 is 4.39 Å². The number of rotatable bonds is 5. The van der Waals surface area contributed by atoms with Crippen LogP contribution in [0.25, 0.3) is 5.57 Å². The predicted molar refractivity (Wildman–Crippen MR) is 152 cm³/mol. The normalized spacial score (nSPS) is 23.1. The molecule has 2 atom stereocenters. The van der Waals surface area contributed by atoms with Crippen molar-refractivity contribution in [3.63, 3.8) is 0 Å². The van der Waals surface area contributed by atoms with Crippen molar-refractivity contribution < 1.29 is 22.4 Å². The number of piperazine rings is 1. The van der Waals surface area contributed by atoms with E-state index in [2.05, 4.69) is 20.1 Å². The fraction of sp³-hybridized carbons (Fsp3) is 0.533. The lowest BCUT2D eigenvalue weighted by atomic mass is 9.96. The van der Waals surface area contributed by atoms with Gasteiger partial charge in [-0.15, -0.1) is 0 Å². The third-order valence-corrected chi connectivity index (χ3v) is 8.94. The van der Waals surface area contributed by atoms with Crippen molar-refractivity contribution in [1.29, 1.82) is 0 Å². The molecule has 1 saturated heterocycles. The lowest BCUT2D eigenvalue weighted by molar-refractivity contribution is -0.138. The van der Waals surface area contributed by atoms with Gasteiger partial charge < -0.3 is 15.2 Å². The van der Waals surface area contributed by atoms with E-state index in [9.17, 15) is 22.8 Å². The number of anilines is 2. The summed E-state index contributed by atoms with van der Waals surface area (Å²) >= 11 is 0. The zero-order valence-electron chi connectivity index (χ0n) is 23.7. The molecule has 2 N–H and O–H groups in total. The molecule has 0 radical (unpaired) electrons. The van der Waals surface area contributed by atoms with Crippen LogP contribution in [0.3, 0.4) is 0 Å². The fourth-order valence-corrected chi connectivity index (χ4v) is 6.39. The lowest BCUT2D eigenvalue weighted by Crippen LogP contribution is -2.55. The van der Waals surface area contributed by atoms with Gasteiger partial charge in [-0.2, -0.15) is 13.2 Å². The van der Waals surface area contributed by atoms with Gasteiger partial charge in [-0.05, 0) is 57.9 Å². The van der Waals surface area contributed by atoms with Gasteiger partial charge in [0, 0.05) is 62.1 Å². The van der Waals surface area contributed by atoms with Crippen LogP contribution in [0.2, 0.25) is 0 Å². The van der Waals surface area contributed by atoms with E-state index in [1.165, 1.54) is 31.7 Å². The van der Waals surface area contributed by atoms with Gasteiger partial charge in [-0.25, -0.2) is 4.39 Å². The summed E-state index contributed by atoms with van der Waals surface area (Å²) in [6.45, 7) is 6.71. The number of carbonyl (C=O) groups is 1. The van der Waals surface area contributed by atoms with Crippen molar-refractivity contribution in [3.05, 3.63) is 63.3 Å². The monoisotopic (exact) mass is 575 g/mol. The molecule has 222 valence electrons. The maximum atomic E-state index is 15.8. The Bertz CT molecular complexity index is 1370. The van der Waals surface area contributed by atoms with Gasteiger partial charge in [0.15, 0.2) is 0 Å². The van der Waals surface area contributed by atoms with Crippen LogP contribution < -0.4 is 15.8 Å². The summed E-state index contributed by atoms with van der Waals surface area (Å²) in [5.41, 5.74) is -1.21. The summed E-state index contributed by atoms with van der Waals surface area (Å²) in [6, 6.07) is 4.12. The van der Waals surface area contributed by atoms with Crippen LogP contribution in [-0.2, 0) is 6.18 Å². The summed E-state index contributed by atoms with van der Waals surface area (Å²) in [7, 11) is 2.01. The van der Waals surface area contributed by atoms with Crippen molar-refractivity contribution in [2.45, 2.75) is 70.3 Å². The zero-order valence-corrected chi connectivity index (χ0v) is 23.7. The van der Waals surface area contributed by atoms with Gasteiger partial charge in [0.25, 0.3) is 5.91 Å². The van der Waals surface area contributed by atoms with E-state index in [1.54, 1.807) is 6.07 Å². The molecular formula is C30H37F4N5O2. The topological polar surface area (TPSA) is 71.7 Å². The molecular weight excluding hydrogens is 538 g/mol. The summed E-state index contributed by atoms with van der Waals surface area (Å²) in [4.78, 5) is 33.7. The highest BCUT2D eigenvalue weighted by molar-refractivity contribution is 6.07. The molecule has 1 saturated carbocycles. The summed E-state index contributed by atoms with van der Waals surface area (Å²) in [6.07, 6.45) is 3.33.